The van der Waals surface area contributed by atoms with E-state index in [-0.39, 0.29) is 6.67 Å². The SMILES string of the molecule is CCCCCCC(CCCCCC)C(CCF)SSC(C)C. The predicted octanol–water partition coefficient (Wildman–Crippen LogP) is 8.06. The van der Waals surface area contributed by atoms with Gasteiger partial charge in [0.1, 0.15) is 0 Å². The number of hydrogen-bond acceptors (Lipinski definition) is 2. The van der Waals surface area contributed by atoms with Crippen LogP contribution in [0.1, 0.15) is 98.3 Å². The quantitative estimate of drug-likeness (QED) is 0.204. The summed E-state index contributed by atoms with van der Waals surface area (Å²) in [6, 6.07) is 0. The Morgan fingerprint density at radius 2 is 1.27 bits per heavy atom. The lowest BCUT2D eigenvalue weighted by Crippen LogP contribution is -2.18. The second-order valence-electron chi connectivity index (χ2n) is 6.72. The van der Waals surface area contributed by atoms with Crippen molar-refractivity contribution in [3.63, 3.8) is 0 Å². The average Bonchev–Trinajstić information content (AvgIpc) is 2.50. The van der Waals surface area contributed by atoms with Crippen LogP contribution in [0.2, 0.25) is 0 Å². The highest BCUT2D eigenvalue weighted by atomic mass is 33.1. The largest absolute Gasteiger partial charge is 0.251 e. The second kappa shape index (κ2) is 16.5. The van der Waals surface area contributed by atoms with Crippen molar-refractivity contribution in [3.8, 4) is 0 Å². The minimum Gasteiger partial charge on any atom is -0.251 e. The summed E-state index contributed by atoms with van der Waals surface area (Å²) in [4.78, 5) is 0. The van der Waals surface area contributed by atoms with Gasteiger partial charge in [-0.3, -0.25) is 4.39 Å². The van der Waals surface area contributed by atoms with Gasteiger partial charge in [-0.25, -0.2) is 0 Å². The van der Waals surface area contributed by atoms with E-state index in [0.717, 1.165) is 12.3 Å². The molecule has 0 saturated heterocycles. The van der Waals surface area contributed by atoms with Gasteiger partial charge in [0.25, 0.3) is 0 Å². The fourth-order valence-electron chi connectivity index (χ4n) is 2.84. The van der Waals surface area contributed by atoms with Crippen molar-refractivity contribution in [2.75, 3.05) is 6.67 Å². The van der Waals surface area contributed by atoms with Crippen LogP contribution in [-0.2, 0) is 0 Å². The van der Waals surface area contributed by atoms with Gasteiger partial charge >= 0.3 is 0 Å². The van der Waals surface area contributed by atoms with Crippen molar-refractivity contribution in [2.24, 2.45) is 5.92 Å². The van der Waals surface area contributed by atoms with Crippen molar-refractivity contribution >= 4 is 21.6 Å². The maximum Gasteiger partial charge on any atom is 0.0905 e. The molecule has 1 unspecified atom stereocenters. The molecule has 0 N–H and O–H groups in total. The molecule has 0 nitrogen and oxygen atoms in total. The first kappa shape index (κ1) is 22.6. The molecule has 0 aliphatic heterocycles. The van der Waals surface area contributed by atoms with Crippen molar-refractivity contribution < 1.29 is 4.39 Å². The standard InChI is InChI=1S/C19H39FS2/c1-5-7-9-11-13-18(14-12-10-8-6-2)19(15-16-20)22-21-17(3)4/h17-19H,5-16H2,1-4H3. The lowest BCUT2D eigenvalue weighted by atomic mass is 9.90. The first-order valence-electron chi connectivity index (χ1n) is 9.53. The van der Waals surface area contributed by atoms with Crippen LogP contribution in [0.25, 0.3) is 0 Å². The van der Waals surface area contributed by atoms with Gasteiger partial charge in [-0.1, -0.05) is 101 Å². The Morgan fingerprint density at radius 3 is 1.68 bits per heavy atom. The molecule has 0 aliphatic carbocycles. The van der Waals surface area contributed by atoms with Gasteiger partial charge in [-0.05, 0) is 25.2 Å². The van der Waals surface area contributed by atoms with Gasteiger partial charge in [0.05, 0.1) is 6.67 Å². The molecule has 3 heteroatoms. The molecule has 0 aliphatic rings. The van der Waals surface area contributed by atoms with Crippen LogP contribution in [0.4, 0.5) is 4.39 Å². The van der Waals surface area contributed by atoms with Gasteiger partial charge in [-0.2, -0.15) is 0 Å². The van der Waals surface area contributed by atoms with E-state index in [1.54, 1.807) is 0 Å². The van der Waals surface area contributed by atoms with Crippen molar-refractivity contribution in [1.82, 2.24) is 0 Å². The van der Waals surface area contributed by atoms with E-state index in [2.05, 4.69) is 27.7 Å². The highest BCUT2D eigenvalue weighted by Crippen LogP contribution is 2.39. The molecule has 0 bridgehead atoms. The molecule has 22 heavy (non-hydrogen) atoms. The Labute approximate surface area is 147 Å². The van der Waals surface area contributed by atoms with Crippen LogP contribution >= 0.6 is 21.6 Å². The summed E-state index contributed by atoms with van der Waals surface area (Å²) < 4.78 is 13.0. The van der Waals surface area contributed by atoms with Crippen LogP contribution < -0.4 is 0 Å². The molecular weight excluding hydrogens is 311 g/mol. The van der Waals surface area contributed by atoms with E-state index in [1.165, 1.54) is 64.2 Å². The molecule has 0 spiro atoms. The zero-order valence-electron chi connectivity index (χ0n) is 15.4. The fraction of sp³-hybridized carbons (Fsp3) is 1.00. The Bertz CT molecular complexity index is 209. The molecule has 1 atom stereocenters. The molecule has 134 valence electrons. The normalized spacial score (nSPS) is 13.2. The first-order chi connectivity index (χ1) is 10.7. The smallest absolute Gasteiger partial charge is 0.0905 e. The van der Waals surface area contributed by atoms with Crippen LogP contribution in [0.3, 0.4) is 0 Å². The third-order valence-corrected chi connectivity index (χ3v) is 7.74. The van der Waals surface area contributed by atoms with Crippen molar-refractivity contribution in [2.45, 2.75) is 109 Å². The second-order valence-corrected chi connectivity index (χ2v) is 9.80. The zero-order chi connectivity index (χ0) is 16.6. The van der Waals surface area contributed by atoms with Gasteiger partial charge in [0, 0.05) is 10.5 Å². The summed E-state index contributed by atoms with van der Waals surface area (Å²) in [5, 5.41) is 1.15. The Morgan fingerprint density at radius 1 is 0.727 bits per heavy atom. The van der Waals surface area contributed by atoms with Crippen LogP contribution in [0.15, 0.2) is 0 Å². The van der Waals surface area contributed by atoms with Gasteiger partial charge in [-0.15, -0.1) is 0 Å². The molecule has 0 amide bonds. The van der Waals surface area contributed by atoms with Gasteiger partial charge in [0.15, 0.2) is 0 Å². The maximum absolute atomic E-state index is 13.0. The Hall–Kier alpha value is 0.630. The highest BCUT2D eigenvalue weighted by molar-refractivity contribution is 8.77. The van der Waals surface area contributed by atoms with E-state index in [1.807, 2.05) is 21.6 Å². The minimum atomic E-state index is -0.156. The van der Waals surface area contributed by atoms with Gasteiger partial charge in [0.2, 0.25) is 0 Å². The molecule has 0 aromatic heterocycles. The third kappa shape index (κ3) is 13.1. The third-order valence-electron chi connectivity index (χ3n) is 4.15. The topological polar surface area (TPSA) is 0 Å². The van der Waals surface area contributed by atoms with Crippen molar-refractivity contribution in [1.29, 1.82) is 0 Å². The molecule has 0 rings (SSSR count). The number of unbranched alkanes of at least 4 members (excludes halogenated alkanes) is 6. The summed E-state index contributed by atoms with van der Waals surface area (Å²) in [6.45, 7) is 8.85. The number of halogens is 1. The van der Waals surface area contributed by atoms with Gasteiger partial charge < -0.3 is 0 Å². The summed E-state index contributed by atoms with van der Waals surface area (Å²) >= 11 is 0. The molecule has 0 heterocycles. The molecule has 0 saturated carbocycles. The first-order valence-corrected chi connectivity index (χ1v) is 11.8. The van der Waals surface area contributed by atoms with E-state index in [4.69, 9.17) is 0 Å². The predicted molar refractivity (Wildman–Crippen MR) is 106 cm³/mol. The summed E-state index contributed by atoms with van der Waals surface area (Å²) in [5.41, 5.74) is 0. The Kier molecular flexibility index (Phi) is 17.0. The maximum atomic E-state index is 13.0. The average molecular weight is 351 g/mol. The van der Waals surface area contributed by atoms with Crippen LogP contribution in [0, 0.1) is 5.92 Å². The molecule has 0 fully saturated rings. The monoisotopic (exact) mass is 350 g/mol. The highest BCUT2D eigenvalue weighted by Gasteiger charge is 2.22. The van der Waals surface area contributed by atoms with Crippen LogP contribution in [-0.4, -0.2) is 17.2 Å². The van der Waals surface area contributed by atoms with E-state index in [0.29, 0.717) is 10.5 Å². The molecular formula is C19H39FS2. The lowest BCUT2D eigenvalue weighted by Gasteiger charge is -2.26. The van der Waals surface area contributed by atoms with Crippen LogP contribution in [0.5, 0.6) is 0 Å². The van der Waals surface area contributed by atoms with E-state index in [9.17, 15) is 4.39 Å². The lowest BCUT2D eigenvalue weighted by molar-refractivity contribution is 0.359. The van der Waals surface area contributed by atoms with Crippen molar-refractivity contribution in [3.05, 3.63) is 0 Å². The number of hydrogen-bond donors (Lipinski definition) is 0. The number of alkyl halides is 1. The van der Waals surface area contributed by atoms with E-state index >= 15 is 0 Å². The fourth-order valence-corrected chi connectivity index (χ4v) is 5.67. The summed E-state index contributed by atoms with van der Waals surface area (Å²) in [5.74, 6) is 0.723. The summed E-state index contributed by atoms with van der Waals surface area (Å²) in [6.07, 6.45) is 14.0. The molecule has 0 aromatic rings. The number of rotatable bonds is 16. The molecule has 0 radical (unpaired) electrons. The molecule has 0 aromatic carbocycles. The summed E-state index contributed by atoms with van der Waals surface area (Å²) in [7, 11) is 3.91. The minimum absolute atomic E-state index is 0.156. The Balaban J connectivity index is 4.36. The zero-order valence-corrected chi connectivity index (χ0v) is 17.0. The van der Waals surface area contributed by atoms with E-state index < -0.39 is 0 Å².